The maximum absolute atomic E-state index is 13.5. The van der Waals surface area contributed by atoms with Crippen LogP contribution in [-0.4, -0.2) is 12.0 Å². The summed E-state index contributed by atoms with van der Waals surface area (Å²) in [7, 11) is 0. The lowest BCUT2D eigenvalue weighted by Gasteiger charge is -2.12. The van der Waals surface area contributed by atoms with E-state index < -0.39 is 23.6 Å². The molecule has 0 unspecified atom stereocenters. The number of benzene rings is 2. The molecule has 1 aliphatic rings. The summed E-state index contributed by atoms with van der Waals surface area (Å²) in [5.74, 6) is -1.15. The molecule has 1 aliphatic heterocycles. The molecule has 0 aromatic heterocycles. The number of carbonyl (C=O) groups is 1. The van der Waals surface area contributed by atoms with Crippen LogP contribution in [0.3, 0.4) is 0 Å². The first kappa shape index (κ1) is 12.6. The molecule has 3 nitrogen and oxygen atoms in total. The summed E-state index contributed by atoms with van der Waals surface area (Å²) in [5.41, 5.74) is 0.738. The van der Waals surface area contributed by atoms with Crippen LogP contribution in [0.4, 0.5) is 14.5 Å². The highest BCUT2D eigenvalue weighted by Crippen LogP contribution is 2.28. The van der Waals surface area contributed by atoms with Gasteiger partial charge in [-0.05, 0) is 23.8 Å². The number of hydrogen-bond donors (Lipinski definition) is 1. The van der Waals surface area contributed by atoms with Crippen LogP contribution in [0.15, 0.2) is 42.5 Å². The average Bonchev–Trinajstić information content (AvgIpc) is 2.87. The van der Waals surface area contributed by atoms with Gasteiger partial charge in [0.05, 0.1) is 5.69 Å². The lowest BCUT2D eigenvalue weighted by molar-refractivity contribution is -0.122. The Morgan fingerprint density at radius 3 is 2.80 bits per heavy atom. The minimum atomic E-state index is -0.727. The zero-order valence-electron chi connectivity index (χ0n) is 10.4. The Hall–Kier alpha value is -2.43. The fourth-order valence-electron chi connectivity index (χ4n) is 2.13. The van der Waals surface area contributed by atoms with Crippen molar-refractivity contribution in [3.63, 3.8) is 0 Å². The van der Waals surface area contributed by atoms with E-state index in [0.29, 0.717) is 12.2 Å². The van der Waals surface area contributed by atoms with Crippen molar-refractivity contribution in [1.29, 1.82) is 0 Å². The van der Waals surface area contributed by atoms with Crippen molar-refractivity contribution in [3.8, 4) is 5.75 Å². The van der Waals surface area contributed by atoms with Crippen molar-refractivity contribution in [2.45, 2.75) is 12.5 Å². The number of rotatable bonds is 2. The molecule has 5 heteroatoms. The number of para-hydroxylation sites is 1. The van der Waals surface area contributed by atoms with Crippen LogP contribution < -0.4 is 10.1 Å². The molecule has 0 spiro atoms. The second kappa shape index (κ2) is 4.92. The number of anilines is 1. The summed E-state index contributed by atoms with van der Waals surface area (Å²) < 4.78 is 32.0. The van der Waals surface area contributed by atoms with Gasteiger partial charge in [-0.15, -0.1) is 0 Å². The molecule has 1 heterocycles. The molecule has 0 fully saturated rings. The Kier molecular flexibility index (Phi) is 3.10. The van der Waals surface area contributed by atoms with E-state index in [2.05, 4.69) is 5.32 Å². The van der Waals surface area contributed by atoms with Gasteiger partial charge in [0.15, 0.2) is 6.10 Å². The van der Waals surface area contributed by atoms with E-state index in [1.807, 2.05) is 18.2 Å². The zero-order valence-corrected chi connectivity index (χ0v) is 10.4. The van der Waals surface area contributed by atoms with E-state index in [1.54, 1.807) is 6.07 Å². The summed E-state index contributed by atoms with van der Waals surface area (Å²) in [4.78, 5) is 12.0. The SMILES string of the molecule is O=C(Nc1cc(F)ccc1F)[C@H]1Cc2ccccc2O1. The van der Waals surface area contributed by atoms with Crippen molar-refractivity contribution < 1.29 is 18.3 Å². The van der Waals surface area contributed by atoms with Gasteiger partial charge in [-0.3, -0.25) is 4.79 Å². The molecule has 0 bridgehead atoms. The Bertz CT molecular complexity index is 648. The van der Waals surface area contributed by atoms with Crippen molar-refractivity contribution in [2.75, 3.05) is 5.32 Å². The summed E-state index contributed by atoms with van der Waals surface area (Å²) in [5, 5.41) is 2.35. The predicted octanol–water partition coefficient (Wildman–Crippen LogP) is 2.91. The molecule has 1 amide bonds. The Labute approximate surface area is 114 Å². The fourth-order valence-corrected chi connectivity index (χ4v) is 2.13. The lowest BCUT2D eigenvalue weighted by Crippen LogP contribution is -2.31. The zero-order chi connectivity index (χ0) is 14.1. The number of ether oxygens (including phenoxy) is 1. The molecule has 20 heavy (non-hydrogen) atoms. The quantitative estimate of drug-likeness (QED) is 0.915. The van der Waals surface area contributed by atoms with Crippen LogP contribution in [0, 0.1) is 11.6 Å². The number of amides is 1. The highest BCUT2D eigenvalue weighted by atomic mass is 19.1. The van der Waals surface area contributed by atoms with Gasteiger partial charge in [0.25, 0.3) is 5.91 Å². The van der Waals surface area contributed by atoms with Crippen LogP contribution in [0.25, 0.3) is 0 Å². The van der Waals surface area contributed by atoms with E-state index in [9.17, 15) is 13.6 Å². The number of fused-ring (bicyclic) bond motifs is 1. The molecule has 1 N–H and O–H groups in total. The van der Waals surface area contributed by atoms with Crippen molar-refractivity contribution in [2.24, 2.45) is 0 Å². The van der Waals surface area contributed by atoms with Crippen LogP contribution in [0.5, 0.6) is 5.75 Å². The first-order valence-electron chi connectivity index (χ1n) is 6.14. The Morgan fingerprint density at radius 2 is 2.00 bits per heavy atom. The highest BCUT2D eigenvalue weighted by molar-refractivity contribution is 5.95. The largest absolute Gasteiger partial charge is 0.480 e. The van der Waals surface area contributed by atoms with E-state index in [-0.39, 0.29) is 5.69 Å². The van der Waals surface area contributed by atoms with Gasteiger partial charge in [0, 0.05) is 12.5 Å². The monoisotopic (exact) mass is 275 g/mol. The second-order valence-corrected chi connectivity index (χ2v) is 4.53. The van der Waals surface area contributed by atoms with Crippen molar-refractivity contribution in [1.82, 2.24) is 0 Å². The molecule has 0 aliphatic carbocycles. The maximum atomic E-state index is 13.5. The fraction of sp³-hybridized carbons (Fsp3) is 0.133. The van der Waals surface area contributed by atoms with E-state index in [4.69, 9.17) is 4.74 Å². The molecule has 0 radical (unpaired) electrons. The Balaban J connectivity index is 1.74. The average molecular weight is 275 g/mol. The third kappa shape index (κ3) is 2.34. The van der Waals surface area contributed by atoms with Gasteiger partial charge in [0.2, 0.25) is 0 Å². The van der Waals surface area contributed by atoms with Crippen molar-refractivity contribution >= 4 is 11.6 Å². The molecule has 3 rings (SSSR count). The molecule has 2 aromatic carbocycles. The smallest absolute Gasteiger partial charge is 0.265 e. The molecule has 0 saturated heterocycles. The molecule has 1 atom stereocenters. The lowest BCUT2D eigenvalue weighted by atomic mass is 10.1. The van der Waals surface area contributed by atoms with Gasteiger partial charge in [-0.25, -0.2) is 8.78 Å². The van der Waals surface area contributed by atoms with Crippen LogP contribution >= 0.6 is 0 Å². The molecule has 2 aromatic rings. The van der Waals surface area contributed by atoms with Gasteiger partial charge in [0.1, 0.15) is 17.4 Å². The first-order valence-corrected chi connectivity index (χ1v) is 6.14. The Morgan fingerprint density at radius 1 is 1.20 bits per heavy atom. The van der Waals surface area contributed by atoms with Crippen LogP contribution in [0.1, 0.15) is 5.56 Å². The number of halogens is 2. The third-order valence-corrected chi connectivity index (χ3v) is 3.13. The van der Waals surface area contributed by atoms with Gasteiger partial charge in [-0.1, -0.05) is 18.2 Å². The number of nitrogens with one attached hydrogen (secondary N) is 1. The number of carbonyl (C=O) groups excluding carboxylic acids is 1. The van der Waals surface area contributed by atoms with Crippen molar-refractivity contribution in [3.05, 3.63) is 59.7 Å². The minimum absolute atomic E-state index is 0.186. The summed E-state index contributed by atoms with van der Waals surface area (Å²) in [6.45, 7) is 0. The van der Waals surface area contributed by atoms with Crippen LogP contribution in [0.2, 0.25) is 0 Å². The molecule has 102 valence electrons. The second-order valence-electron chi connectivity index (χ2n) is 4.53. The van der Waals surface area contributed by atoms with Crippen LogP contribution in [-0.2, 0) is 11.2 Å². The molecular weight excluding hydrogens is 264 g/mol. The highest BCUT2D eigenvalue weighted by Gasteiger charge is 2.29. The summed E-state index contributed by atoms with van der Waals surface area (Å²) in [6, 6.07) is 10.2. The summed E-state index contributed by atoms with van der Waals surface area (Å²) >= 11 is 0. The maximum Gasteiger partial charge on any atom is 0.265 e. The standard InChI is InChI=1S/C15H11F2NO2/c16-10-5-6-11(17)12(8-10)18-15(19)14-7-9-3-1-2-4-13(9)20-14/h1-6,8,14H,7H2,(H,18,19)/t14-/m1/s1. The minimum Gasteiger partial charge on any atom is -0.480 e. The predicted molar refractivity (Wildman–Crippen MR) is 69.5 cm³/mol. The van der Waals surface area contributed by atoms with Gasteiger partial charge < -0.3 is 10.1 Å². The molecule has 0 saturated carbocycles. The van der Waals surface area contributed by atoms with E-state index in [0.717, 1.165) is 23.8 Å². The molecular formula is C15H11F2NO2. The topological polar surface area (TPSA) is 38.3 Å². The van der Waals surface area contributed by atoms with E-state index in [1.165, 1.54) is 0 Å². The third-order valence-electron chi connectivity index (χ3n) is 3.13. The summed E-state index contributed by atoms with van der Waals surface area (Å²) in [6.07, 6.45) is -0.311. The van der Waals surface area contributed by atoms with Gasteiger partial charge in [-0.2, -0.15) is 0 Å². The number of hydrogen-bond acceptors (Lipinski definition) is 2. The van der Waals surface area contributed by atoms with Gasteiger partial charge >= 0.3 is 0 Å². The van der Waals surface area contributed by atoms with E-state index >= 15 is 0 Å². The first-order chi connectivity index (χ1) is 9.63. The normalized spacial score (nSPS) is 16.4.